The van der Waals surface area contributed by atoms with Crippen molar-refractivity contribution in [1.29, 1.82) is 0 Å². The molecule has 0 saturated carbocycles. The van der Waals surface area contributed by atoms with E-state index in [1.807, 2.05) is 0 Å². The molecule has 0 aliphatic rings. The first kappa shape index (κ1) is 11.7. The lowest BCUT2D eigenvalue weighted by atomic mass is 10.0. The van der Waals surface area contributed by atoms with Crippen LogP contribution >= 0.6 is 0 Å². The number of hydrogen-bond acceptors (Lipinski definition) is 4. The summed E-state index contributed by atoms with van der Waals surface area (Å²) in [4.78, 5) is 10.5. The van der Waals surface area contributed by atoms with Crippen LogP contribution in [0.5, 0.6) is 5.75 Å². The molecule has 0 aliphatic heterocycles. The molecule has 0 spiro atoms. The first-order valence-electron chi connectivity index (χ1n) is 4.37. The van der Waals surface area contributed by atoms with E-state index in [1.54, 1.807) is 25.1 Å². The van der Waals surface area contributed by atoms with Crippen molar-refractivity contribution in [2.24, 2.45) is 0 Å². The van der Waals surface area contributed by atoms with Gasteiger partial charge in [-0.3, -0.25) is 0 Å². The molecule has 1 atom stereocenters. The van der Waals surface area contributed by atoms with Crippen molar-refractivity contribution in [2.45, 2.75) is 12.8 Å². The van der Waals surface area contributed by atoms with Crippen molar-refractivity contribution in [3.05, 3.63) is 29.8 Å². The standard InChI is InChI=1S/C10H12O4S/c1-8(7-11)9-4-3-5-10(6-9)14-15(2,12)13/h3-8H,1-2H3. The van der Waals surface area contributed by atoms with Crippen LogP contribution in [0.1, 0.15) is 18.4 Å². The van der Waals surface area contributed by atoms with Crippen molar-refractivity contribution >= 4 is 16.4 Å². The number of carbonyl (C=O) groups excluding carboxylic acids is 1. The molecule has 1 aromatic rings. The van der Waals surface area contributed by atoms with Crippen molar-refractivity contribution in [3.8, 4) is 5.75 Å². The van der Waals surface area contributed by atoms with Crippen LogP contribution in [-0.2, 0) is 14.9 Å². The van der Waals surface area contributed by atoms with E-state index in [0.717, 1.165) is 18.1 Å². The highest BCUT2D eigenvalue weighted by Gasteiger charge is 2.08. The van der Waals surface area contributed by atoms with Gasteiger partial charge in [0.2, 0.25) is 0 Å². The number of hydrogen-bond donors (Lipinski definition) is 0. The van der Waals surface area contributed by atoms with Crippen LogP contribution in [0.15, 0.2) is 24.3 Å². The van der Waals surface area contributed by atoms with Crippen molar-refractivity contribution in [3.63, 3.8) is 0 Å². The van der Waals surface area contributed by atoms with Gasteiger partial charge >= 0.3 is 10.1 Å². The van der Waals surface area contributed by atoms with Crippen LogP contribution in [0.3, 0.4) is 0 Å². The lowest BCUT2D eigenvalue weighted by Crippen LogP contribution is -2.06. The SMILES string of the molecule is CC(C=O)c1cccc(OS(C)(=O)=O)c1. The van der Waals surface area contributed by atoms with Crippen LogP contribution < -0.4 is 4.18 Å². The molecule has 0 saturated heterocycles. The third-order valence-corrected chi connectivity index (χ3v) is 2.33. The summed E-state index contributed by atoms with van der Waals surface area (Å²) in [5, 5.41) is 0. The van der Waals surface area contributed by atoms with Gasteiger partial charge in [-0.25, -0.2) is 0 Å². The third kappa shape index (κ3) is 3.71. The quantitative estimate of drug-likeness (QED) is 0.576. The van der Waals surface area contributed by atoms with Gasteiger partial charge in [0, 0.05) is 5.92 Å². The summed E-state index contributed by atoms with van der Waals surface area (Å²) < 4.78 is 26.4. The molecule has 0 bridgehead atoms. The van der Waals surface area contributed by atoms with Gasteiger partial charge in [0.25, 0.3) is 0 Å². The Morgan fingerprint density at radius 3 is 2.60 bits per heavy atom. The van der Waals surface area contributed by atoms with Gasteiger partial charge < -0.3 is 8.98 Å². The number of rotatable bonds is 4. The summed E-state index contributed by atoms with van der Waals surface area (Å²) in [6, 6.07) is 6.46. The molecule has 4 nitrogen and oxygen atoms in total. The fraction of sp³-hybridized carbons (Fsp3) is 0.300. The second-order valence-corrected chi connectivity index (χ2v) is 4.86. The minimum atomic E-state index is -3.51. The second-order valence-electron chi connectivity index (χ2n) is 3.28. The van der Waals surface area contributed by atoms with E-state index >= 15 is 0 Å². The monoisotopic (exact) mass is 228 g/mol. The zero-order chi connectivity index (χ0) is 11.5. The van der Waals surface area contributed by atoms with E-state index in [4.69, 9.17) is 4.18 Å². The van der Waals surface area contributed by atoms with Gasteiger partial charge in [0.05, 0.1) is 6.26 Å². The number of benzene rings is 1. The molecule has 0 aromatic heterocycles. The molecule has 0 fully saturated rings. The van der Waals surface area contributed by atoms with Crippen LogP contribution in [0.4, 0.5) is 0 Å². The summed E-state index contributed by atoms with van der Waals surface area (Å²) in [5.74, 6) is -0.0446. The highest BCUT2D eigenvalue weighted by molar-refractivity contribution is 7.86. The predicted molar refractivity (Wildman–Crippen MR) is 56.4 cm³/mol. The fourth-order valence-electron chi connectivity index (χ4n) is 1.10. The van der Waals surface area contributed by atoms with Gasteiger partial charge in [-0.15, -0.1) is 0 Å². The lowest BCUT2D eigenvalue weighted by molar-refractivity contribution is -0.108. The Bertz CT molecular complexity index is 450. The smallest absolute Gasteiger partial charge is 0.306 e. The Hall–Kier alpha value is -1.36. The van der Waals surface area contributed by atoms with Gasteiger partial charge in [0.15, 0.2) is 0 Å². The highest BCUT2D eigenvalue weighted by Crippen LogP contribution is 2.20. The molecule has 1 aromatic carbocycles. The van der Waals surface area contributed by atoms with Gasteiger partial charge in [0.1, 0.15) is 12.0 Å². The molecule has 1 rings (SSSR count). The van der Waals surface area contributed by atoms with E-state index in [9.17, 15) is 13.2 Å². The van der Waals surface area contributed by atoms with E-state index < -0.39 is 10.1 Å². The maximum atomic E-state index is 10.9. The van der Waals surface area contributed by atoms with E-state index in [-0.39, 0.29) is 11.7 Å². The molecular formula is C10H12O4S. The fourth-order valence-corrected chi connectivity index (χ4v) is 1.56. The van der Waals surface area contributed by atoms with E-state index in [0.29, 0.717) is 0 Å². The van der Waals surface area contributed by atoms with Crippen LogP contribution in [-0.4, -0.2) is 21.0 Å². The molecule has 0 heterocycles. The minimum absolute atomic E-state index is 0.226. The Morgan fingerprint density at radius 2 is 2.07 bits per heavy atom. The summed E-state index contributed by atoms with van der Waals surface area (Å²) in [6.45, 7) is 1.73. The lowest BCUT2D eigenvalue weighted by Gasteiger charge is -2.07. The Morgan fingerprint density at radius 1 is 1.40 bits per heavy atom. The normalized spacial score (nSPS) is 13.2. The number of aldehydes is 1. The summed E-state index contributed by atoms with van der Waals surface area (Å²) in [5.41, 5.74) is 0.728. The molecule has 5 heteroatoms. The van der Waals surface area contributed by atoms with Crippen molar-refractivity contribution < 1.29 is 17.4 Å². The Kier molecular flexibility index (Phi) is 3.47. The molecule has 0 amide bonds. The largest absolute Gasteiger partial charge is 0.383 e. The molecule has 0 N–H and O–H groups in total. The van der Waals surface area contributed by atoms with E-state index in [1.165, 1.54) is 6.07 Å². The molecular weight excluding hydrogens is 216 g/mol. The average Bonchev–Trinajstić information content (AvgIpc) is 2.14. The summed E-state index contributed by atoms with van der Waals surface area (Å²) in [6.07, 6.45) is 1.77. The van der Waals surface area contributed by atoms with Crippen LogP contribution in [0.2, 0.25) is 0 Å². The maximum absolute atomic E-state index is 10.9. The maximum Gasteiger partial charge on any atom is 0.306 e. The summed E-state index contributed by atoms with van der Waals surface area (Å²) in [7, 11) is -3.51. The van der Waals surface area contributed by atoms with Gasteiger partial charge in [-0.1, -0.05) is 19.1 Å². The van der Waals surface area contributed by atoms with Crippen LogP contribution in [0.25, 0.3) is 0 Å². The van der Waals surface area contributed by atoms with Gasteiger partial charge in [-0.2, -0.15) is 8.42 Å². The molecule has 82 valence electrons. The summed E-state index contributed by atoms with van der Waals surface area (Å²) >= 11 is 0. The Balaban J connectivity index is 2.98. The van der Waals surface area contributed by atoms with Crippen molar-refractivity contribution in [1.82, 2.24) is 0 Å². The van der Waals surface area contributed by atoms with Crippen molar-refractivity contribution in [2.75, 3.05) is 6.26 Å². The molecule has 0 radical (unpaired) electrons. The highest BCUT2D eigenvalue weighted by atomic mass is 32.2. The third-order valence-electron chi connectivity index (χ3n) is 1.84. The molecule has 0 aliphatic carbocycles. The minimum Gasteiger partial charge on any atom is -0.383 e. The predicted octanol–water partition coefficient (Wildman–Crippen LogP) is 1.33. The first-order chi connectivity index (χ1) is 6.92. The Labute approximate surface area is 89.0 Å². The number of carbonyl (C=O) groups is 1. The zero-order valence-corrected chi connectivity index (χ0v) is 9.32. The first-order valence-corrected chi connectivity index (χ1v) is 6.19. The molecule has 15 heavy (non-hydrogen) atoms. The zero-order valence-electron chi connectivity index (χ0n) is 8.51. The second kappa shape index (κ2) is 4.44. The van der Waals surface area contributed by atoms with Crippen LogP contribution in [0, 0.1) is 0 Å². The average molecular weight is 228 g/mol. The molecule has 1 unspecified atom stereocenters. The van der Waals surface area contributed by atoms with Gasteiger partial charge in [-0.05, 0) is 17.7 Å². The topological polar surface area (TPSA) is 60.4 Å². The van der Waals surface area contributed by atoms with E-state index in [2.05, 4.69) is 0 Å².